The van der Waals surface area contributed by atoms with E-state index in [-0.39, 0.29) is 18.0 Å². The molecule has 0 bridgehead atoms. The highest BCUT2D eigenvalue weighted by atomic mass is 35.5. The van der Waals surface area contributed by atoms with Crippen molar-refractivity contribution < 1.29 is 13.2 Å². The molecule has 0 atom stereocenters. The third-order valence-electron chi connectivity index (χ3n) is 1.64. The predicted octanol–water partition coefficient (Wildman–Crippen LogP) is 3.02. The van der Waals surface area contributed by atoms with Crippen molar-refractivity contribution in [1.29, 1.82) is 0 Å². The lowest BCUT2D eigenvalue weighted by molar-refractivity contribution is -0.135. The fourth-order valence-electron chi connectivity index (χ4n) is 0.990. The lowest BCUT2D eigenvalue weighted by Gasteiger charge is -2.05. The number of halogens is 4. The molecule has 6 heteroatoms. The normalized spacial score (nSPS) is 11.7. The molecule has 1 aromatic heterocycles. The van der Waals surface area contributed by atoms with Crippen molar-refractivity contribution >= 4 is 11.6 Å². The summed E-state index contributed by atoms with van der Waals surface area (Å²) in [6.07, 6.45) is -1.96. The lowest BCUT2D eigenvalue weighted by atomic mass is 10.1. The number of aryl methyl sites for hydroxylation is 1. The van der Waals surface area contributed by atoms with Crippen LogP contribution in [-0.2, 0) is 6.42 Å². The largest absolute Gasteiger partial charge is 0.389 e. The average molecular weight is 225 g/mol. The summed E-state index contributed by atoms with van der Waals surface area (Å²) in [6, 6.07) is 0. The van der Waals surface area contributed by atoms with Crippen LogP contribution in [0.2, 0.25) is 5.15 Å². The maximum atomic E-state index is 11.8. The Hall–Kier alpha value is -0.840. The predicted molar refractivity (Wildman–Crippen MR) is 46.0 cm³/mol. The minimum Gasteiger partial charge on any atom is -0.244 e. The van der Waals surface area contributed by atoms with Crippen molar-refractivity contribution in [2.45, 2.75) is 25.4 Å². The van der Waals surface area contributed by atoms with Gasteiger partial charge in [-0.1, -0.05) is 11.6 Å². The Morgan fingerprint density at radius 1 is 1.36 bits per heavy atom. The second kappa shape index (κ2) is 4.59. The first kappa shape index (κ1) is 11.2. The number of hydrogen-bond donors (Lipinski definition) is 0. The van der Waals surface area contributed by atoms with Crippen molar-refractivity contribution in [1.82, 2.24) is 9.97 Å². The fraction of sp³-hybridized carbons (Fsp3) is 0.500. The minimum absolute atomic E-state index is 0.0105. The van der Waals surface area contributed by atoms with Crippen LogP contribution in [-0.4, -0.2) is 16.1 Å². The van der Waals surface area contributed by atoms with E-state index in [1.807, 2.05) is 0 Å². The van der Waals surface area contributed by atoms with Gasteiger partial charge in [0.25, 0.3) is 0 Å². The Bertz CT molecular complexity index is 301. The molecule has 0 aromatic carbocycles. The zero-order chi connectivity index (χ0) is 10.6. The maximum Gasteiger partial charge on any atom is 0.389 e. The van der Waals surface area contributed by atoms with Gasteiger partial charge in [0.15, 0.2) is 0 Å². The van der Waals surface area contributed by atoms with Crippen LogP contribution in [0, 0.1) is 0 Å². The van der Waals surface area contributed by atoms with Gasteiger partial charge in [0.1, 0.15) is 11.5 Å². The molecule has 0 spiro atoms. The Morgan fingerprint density at radius 2 is 2.07 bits per heavy atom. The van der Waals surface area contributed by atoms with Gasteiger partial charge in [-0.05, 0) is 12.8 Å². The van der Waals surface area contributed by atoms with E-state index < -0.39 is 12.6 Å². The molecule has 0 amide bonds. The summed E-state index contributed by atoms with van der Waals surface area (Å²) in [4.78, 5) is 7.35. The molecule has 0 N–H and O–H groups in total. The quantitative estimate of drug-likeness (QED) is 0.738. The highest BCUT2D eigenvalue weighted by Gasteiger charge is 2.26. The van der Waals surface area contributed by atoms with Crippen LogP contribution in [0.25, 0.3) is 0 Å². The molecule has 78 valence electrons. The summed E-state index contributed by atoms with van der Waals surface area (Å²) in [5, 5.41) is 0.224. The Kier molecular flexibility index (Phi) is 3.69. The van der Waals surface area contributed by atoms with E-state index >= 15 is 0 Å². The smallest absolute Gasteiger partial charge is 0.244 e. The Balaban J connectivity index is 2.43. The van der Waals surface area contributed by atoms with Crippen LogP contribution >= 0.6 is 11.6 Å². The first-order valence-electron chi connectivity index (χ1n) is 4.00. The molecule has 14 heavy (non-hydrogen) atoms. The summed E-state index contributed by atoms with van der Waals surface area (Å²) >= 11 is 5.64. The van der Waals surface area contributed by atoms with Gasteiger partial charge in [-0.2, -0.15) is 13.2 Å². The molecule has 0 aliphatic rings. The molecule has 0 aliphatic carbocycles. The van der Waals surface area contributed by atoms with E-state index in [4.69, 9.17) is 11.6 Å². The van der Waals surface area contributed by atoms with Crippen LogP contribution in [0.3, 0.4) is 0 Å². The Morgan fingerprint density at radius 3 is 2.64 bits per heavy atom. The van der Waals surface area contributed by atoms with Crippen LogP contribution in [0.15, 0.2) is 12.5 Å². The van der Waals surface area contributed by atoms with Crippen LogP contribution in [0.5, 0.6) is 0 Å². The highest BCUT2D eigenvalue weighted by Crippen LogP contribution is 2.23. The zero-order valence-corrected chi connectivity index (χ0v) is 7.94. The van der Waals surface area contributed by atoms with Crippen LogP contribution < -0.4 is 0 Å². The molecule has 0 radical (unpaired) electrons. The minimum atomic E-state index is -4.11. The van der Waals surface area contributed by atoms with E-state index in [1.54, 1.807) is 0 Å². The van der Waals surface area contributed by atoms with E-state index in [0.717, 1.165) is 0 Å². The maximum absolute atomic E-state index is 11.8. The molecule has 1 heterocycles. The fourth-order valence-corrected chi connectivity index (χ4v) is 1.18. The van der Waals surface area contributed by atoms with Gasteiger partial charge in [0, 0.05) is 18.2 Å². The van der Waals surface area contributed by atoms with Gasteiger partial charge in [-0.25, -0.2) is 9.97 Å². The molecule has 1 rings (SSSR count). The van der Waals surface area contributed by atoms with Gasteiger partial charge in [0.05, 0.1) is 0 Å². The van der Waals surface area contributed by atoms with Gasteiger partial charge in [-0.15, -0.1) is 0 Å². The van der Waals surface area contributed by atoms with E-state index in [9.17, 15) is 13.2 Å². The number of aromatic nitrogens is 2. The molecule has 2 nitrogen and oxygen atoms in total. The third-order valence-corrected chi connectivity index (χ3v) is 1.98. The van der Waals surface area contributed by atoms with Crippen molar-refractivity contribution in [3.05, 3.63) is 23.2 Å². The van der Waals surface area contributed by atoms with Crippen molar-refractivity contribution in [3.63, 3.8) is 0 Å². The van der Waals surface area contributed by atoms with Gasteiger partial charge in [0.2, 0.25) is 0 Å². The van der Waals surface area contributed by atoms with Gasteiger partial charge < -0.3 is 0 Å². The Labute approximate surface area is 84.1 Å². The average Bonchev–Trinajstić information content (AvgIpc) is 2.06. The molecular formula is C8H8ClF3N2. The van der Waals surface area contributed by atoms with E-state index in [1.165, 1.54) is 12.5 Å². The lowest BCUT2D eigenvalue weighted by Crippen LogP contribution is -2.07. The first-order chi connectivity index (χ1) is 6.49. The molecule has 1 aromatic rings. The summed E-state index contributed by atoms with van der Waals surface area (Å²) in [5.74, 6) is 0. The first-order valence-corrected chi connectivity index (χ1v) is 4.38. The highest BCUT2D eigenvalue weighted by molar-refractivity contribution is 6.30. The van der Waals surface area contributed by atoms with Gasteiger partial charge >= 0.3 is 6.18 Å². The van der Waals surface area contributed by atoms with Crippen molar-refractivity contribution in [3.8, 4) is 0 Å². The summed E-state index contributed by atoms with van der Waals surface area (Å²) in [7, 11) is 0. The second-order valence-electron chi connectivity index (χ2n) is 2.81. The standard InChI is InChI=1S/C8H8ClF3N2/c9-7-6(4-13-5-14-7)2-1-3-8(10,11)12/h4-5H,1-3H2. The van der Waals surface area contributed by atoms with Crippen molar-refractivity contribution in [2.75, 3.05) is 0 Å². The zero-order valence-electron chi connectivity index (χ0n) is 7.18. The van der Waals surface area contributed by atoms with Crippen LogP contribution in [0.4, 0.5) is 13.2 Å². The second-order valence-corrected chi connectivity index (χ2v) is 3.17. The topological polar surface area (TPSA) is 25.8 Å². The summed E-state index contributed by atoms with van der Waals surface area (Å²) in [6.45, 7) is 0. The number of hydrogen-bond acceptors (Lipinski definition) is 2. The van der Waals surface area contributed by atoms with E-state index in [2.05, 4.69) is 9.97 Å². The molecule has 0 unspecified atom stereocenters. The van der Waals surface area contributed by atoms with E-state index in [0.29, 0.717) is 5.56 Å². The molecule has 0 saturated carbocycles. The molecular weight excluding hydrogens is 217 g/mol. The molecule has 0 saturated heterocycles. The molecule has 0 aliphatic heterocycles. The number of nitrogens with zero attached hydrogens (tertiary/aromatic N) is 2. The van der Waals surface area contributed by atoms with Crippen LogP contribution in [0.1, 0.15) is 18.4 Å². The SMILES string of the molecule is FC(F)(F)CCCc1cncnc1Cl. The summed E-state index contributed by atoms with van der Waals surface area (Å²) in [5.41, 5.74) is 0.554. The number of rotatable bonds is 3. The number of alkyl halides is 3. The molecule has 0 fully saturated rings. The van der Waals surface area contributed by atoms with Crippen molar-refractivity contribution in [2.24, 2.45) is 0 Å². The third kappa shape index (κ3) is 3.91. The monoisotopic (exact) mass is 224 g/mol. The van der Waals surface area contributed by atoms with Gasteiger partial charge in [-0.3, -0.25) is 0 Å². The summed E-state index contributed by atoms with van der Waals surface area (Å²) < 4.78 is 35.4.